The molecule has 2 rings (SSSR count). The average molecular weight is 210 g/mol. The summed E-state index contributed by atoms with van der Waals surface area (Å²) in [5.41, 5.74) is 1.63. The number of aromatic amines is 1. The summed E-state index contributed by atoms with van der Waals surface area (Å²) in [4.78, 5) is 11.1. The van der Waals surface area contributed by atoms with E-state index < -0.39 is 0 Å². The van der Waals surface area contributed by atoms with E-state index in [0.29, 0.717) is 11.2 Å². The molecule has 0 fully saturated rings. The molecule has 0 radical (unpaired) electrons. The van der Waals surface area contributed by atoms with E-state index in [1.807, 2.05) is 4.57 Å². The molecular weight excluding hydrogens is 200 g/mol. The van der Waals surface area contributed by atoms with Crippen LogP contribution in [0.3, 0.4) is 0 Å². The number of aromatic nitrogens is 4. The van der Waals surface area contributed by atoms with Gasteiger partial charge in [0.1, 0.15) is 11.2 Å². The fraction of sp³-hybridized carbons (Fsp3) is 0.375. The predicted molar refractivity (Wildman–Crippen MR) is 54.6 cm³/mol. The SMILES string of the molecule is COCCn1cnc2c(=S)nc[nH]c21. The molecule has 0 aliphatic rings. The molecular formula is C8H10N4OS. The van der Waals surface area contributed by atoms with Crippen LogP contribution in [0.15, 0.2) is 12.7 Å². The number of ether oxygens (including phenoxy) is 1. The van der Waals surface area contributed by atoms with Crippen LogP contribution < -0.4 is 0 Å². The summed E-state index contributed by atoms with van der Waals surface area (Å²) >= 11 is 5.04. The van der Waals surface area contributed by atoms with Crippen LogP contribution in [-0.2, 0) is 11.3 Å². The molecule has 0 amide bonds. The van der Waals surface area contributed by atoms with Crippen molar-refractivity contribution in [2.24, 2.45) is 0 Å². The topological polar surface area (TPSA) is 55.7 Å². The summed E-state index contributed by atoms with van der Waals surface area (Å²) in [5, 5.41) is 0. The van der Waals surface area contributed by atoms with E-state index in [2.05, 4.69) is 15.0 Å². The zero-order valence-corrected chi connectivity index (χ0v) is 8.54. The maximum absolute atomic E-state index is 5.04. The average Bonchev–Trinajstić information content (AvgIpc) is 2.60. The molecule has 74 valence electrons. The van der Waals surface area contributed by atoms with E-state index in [9.17, 15) is 0 Å². The molecule has 2 aromatic rings. The summed E-state index contributed by atoms with van der Waals surface area (Å²) in [7, 11) is 1.67. The number of methoxy groups -OCH3 is 1. The van der Waals surface area contributed by atoms with Crippen LogP contribution in [0.25, 0.3) is 11.2 Å². The van der Waals surface area contributed by atoms with Crippen molar-refractivity contribution in [3.05, 3.63) is 17.3 Å². The van der Waals surface area contributed by atoms with Gasteiger partial charge in [0, 0.05) is 13.7 Å². The number of fused-ring (bicyclic) bond motifs is 1. The van der Waals surface area contributed by atoms with Crippen molar-refractivity contribution in [2.75, 3.05) is 13.7 Å². The molecule has 0 saturated heterocycles. The molecule has 0 aliphatic carbocycles. The molecule has 14 heavy (non-hydrogen) atoms. The van der Waals surface area contributed by atoms with Crippen molar-refractivity contribution in [1.29, 1.82) is 0 Å². The Morgan fingerprint density at radius 2 is 2.43 bits per heavy atom. The molecule has 0 unspecified atom stereocenters. The second-order valence-electron chi connectivity index (χ2n) is 2.84. The third-order valence-corrected chi connectivity index (χ3v) is 2.26. The van der Waals surface area contributed by atoms with Crippen LogP contribution in [0.2, 0.25) is 0 Å². The molecule has 0 atom stereocenters. The van der Waals surface area contributed by atoms with Gasteiger partial charge in [-0.05, 0) is 0 Å². The maximum atomic E-state index is 5.04. The number of imidazole rings is 1. The molecule has 0 spiro atoms. The van der Waals surface area contributed by atoms with E-state index in [0.717, 1.165) is 17.7 Å². The van der Waals surface area contributed by atoms with E-state index in [4.69, 9.17) is 17.0 Å². The number of hydrogen-bond donors (Lipinski definition) is 1. The number of nitrogens with one attached hydrogen (secondary N) is 1. The summed E-state index contributed by atoms with van der Waals surface area (Å²) in [6.45, 7) is 1.40. The van der Waals surface area contributed by atoms with Gasteiger partial charge in [-0.3, -0.25) is 0 Å². The Hall–Kier alpha value is -1.27. The number of nitrogens with zero attached hydrogens (tertiary/aromatic N) is 3. The summed E-state index contributed by atoms with van der Waals surface area (Å²) in [6.07, 6.45) is 3.31. The number of rotatable bonds is 3. The first-order valence-corrected chi connectivity index (χ1v) is 4.61. The van der Waals surface area contributed by atoms with Crippen molar-refractivity contribution in [2.45, 2.75) is 6.54 Å². The van der Waals surface area contributed by atoms with E-state index >= 15 is 0 Å². The first-order chi connectivity index (χ1) is 6.83. The summed E-state index contributed by atoms with van der Waals surface area (Å²) in [6, 6.07) is 0. The Labute approximate surface area is 85.8 Å². The Kier molecular flexibility index (Phi) is 2.55. The van der Waals surface area contributed by atoms with Gasteiger partial charge < -0.3 is 14.3 Å². The van der Waals surface area contributed by atoms with Crippen LogP contribution in [-0.4, -0.2) is 33.2 Å². The van der Waals surface area contributed by atoms with Gasteiger partial charge in [0.25, 0.3) is 0 Å². The highest BCUT2D eigenvalue weighted by molar-refractivity contribution is 7.71. The molecule has 0 aliphatic heterocycles. The Balaban J connectivity index is 2.47. The van der Waals surface area contributed by atoms with Crippen molar-refractivity contribution in [3.63, 3.8) is 0 Å². The van der Waals surface area contributed by atoms with Gasteiger partial charge in [0.05, 0.1) is 19.3 Å². The van der Waals surface area contributed by atoms with Gasteiger partial charge in [0.2, 0.25) is 0 Å². The second kappa shape index (κ2) is 3.85. The van der Waals surface area contributed by atoms with Crippen molar-refractivity contribution >= 4 is 23.4 Å². The van der Waals surface area contributed by atoms with Gasteiger partial charge in [-0.25, -0.2) is 9.97 Å². The molecule has 1 N–H and O–H groups in total. The van der Waals surface area contributed by atoms with E-state index in [1.54, 1.807) is 19.8 Å². The molecule has 0 saturated carbocycles. The molecule has 0 bridgehead atoms. The number of H-pyrrole nitrogens is 1. The lowest BCUT2D eigenvalue weighted by Crippen LogP contribution is -2.03. The van der Waals surface area contributed by atoms with Crippen molar-refractivity contribution in [1.82, 2.24) is 19.5 Å². The Bertz CT molecular complexity index is 489. The van der Waals surface area contributed by atoms with Crippen molar-refractivity contribution < 1.29 is 4.74 Å². The monoisotopic (exact) mass is 210 g/mol. The van der Waals surface area contributed by atoms with Crippen LogP contribution >= 0.6 is 12.2 Å². The van der Waals surface area contributed by atoms with E-state index in [-0.39, 0.29) is 0 Å². The lowest BCUT2D eigenvalue weighted by Gasteiger charge is -2.01. The fourth-order valence-electron chi connectivity index (χ4n) is 1.26. The highest BCUT2D eigenvalue weighted by Gasteiger charge is 2.03. The zero-order valence-electron chi connectivity index (χ0n) is 7.73. The van der Waals surface area contributed by atoms with Crippen LogP contribution in [0.5, 0.6) is 0 Å². The van der Waals surface area contributed by atoms with Gasteiger partial charge in [-0.1, -0.05) is 12.2 Å². The molecule has 0 aromatic carbocycles. The zero-order chi connectivity index (χ0) is 9.97. The van der Waals surface area contributed by atoms with Crippen molar-refractivity contribution in [3.8, 4) is 0 Å². The Morgan fingerprint density at radius 1 is 1.57 bits per heavy atom. The van der Waals surface area contributed by atoms with Crippen LogP contribution in [0.4, 0.5) is 0 Å². The fourth-order valence-corrected chi connectivity index (χ4v) is 1.46. The molecule has 6 heteroatoms. The molecule has 2 heterocycles. The highest BCUT2D eigenvalue weighted by Crippen LogP contribution is 2.08. The minimum absolute atomic E-state index is 0.523. The van der Waals surface area contributed by atoms with Crippen LogP contribution in [0.1, 0.15) is 0 Å². The summed E-state index contributed by atoms with van der Waals surface area (Å²) < 4.78 is 7.47. The largest absolute Gasteiger partial charge is 0.383 e. The third kappa shape index (κ3) is 1.53. The van der Waals surface area contributed by atoms with E-state index in [1.165, 1.54) is 0 Å². The van der Waals surface area contributed by atoms with Gasteiger partial charge >= 0.3 is 0 Å². The highest BCUT2D eigenvalue weighted by atomic mass is 32.1. The third-order valence-electron chi connectivity index (χ3n) is 1.96. The minimum atomic E-state index is 0.523. The second-order valence-corrected chi connectivity index (χ2v) is 3.22. The number of hydrogen-bond acceptors (Lipinski definition) is 4. The lowest BCUT2D eigenvalue weighted by molar-refractivity contribution is 0.188. The normalized spacial score (nSPS) is 10.9. The van der Waals surface area contributed by atoms with Gasteiger partial charge in [0.15, 0.2) is 4.64 Å². The molecule has 2 aromatic heterocycles. The van der Waals surface area contributed by atoms with Gasteiger partial charge in [-0.15, -0.1) is 0 Å². The quantitative estimate of drug-likeness (QED) is 0.772. The smallest absolute Gasteiger partial charge is 0.157 e. The first kappa shape index (κ1) is 9.29. The predicted octanol–water partition coefficient (Wildman–Crippen LogP) is 1.14. The van der Waals surface area contributed by atoms with Gasteiger partial charge in [-0.2, -0.15) is 0 Å². The molecule has 5 nitrogen and oxygen atoms in total. The minimum Gasteiger partial charge on any atom is -0.383 e. The first-order valence-electron chi connectivity index (χ1n) is 4.20. The lowest BCUT2D eigenvalue weighted by atomic mass is 10.5. The summed E-state index contributed by atoms with van der Waals surface area (Å²) in [5.74, 6) is 0. The maximum Gasteiger partial charge on any atom is 0.157 e. The standard InChI is InChI=1S/C8H10N4OS/c1-13-3-2-12-5-11-6-7(12)9-4-10-8(6)14/h4-5H,2-3H2,1H3,(H,9,10,14). The Morgan fingerprint density at radius 3 is 3.21 bits per heavy atom. The van der Waals surface area contributed by atoms with Crippen LogP contribution in [0, 0.1) is 4.64 Å².